The predicted octanol–water partition coefficient (Wildman–Crippen LogP) is 2.85. The summed E-state index contributed by atoms with van der Waals surface area (Å²) in [6.45, 7) is 4.15. The molecule has 10 heteroatoms. The summed E-state index contributed by atoms with van der Waals surface area (Å²) in [6.07, 6.45) is -2.77. The Balaban J connectivity index is 2.09. The van der Waals surface area contributed by atoms with Gasteiger partial charge in [-0.2, -0.15) is 23.4 Å². The van der Waals surface area contributed by atoms with Crippen molar-refractivity contribution in [1.82, 2.24) is 24.5 Å². The van der Waals surface area contributed by atoms with Crippen molar-refractivity contribution in [2.75, 3.05) is 7.05 Å². The molecule has 0 aromatic carbocycles. The van der Waals surface area contributed by atoms with E-state index in [2.05, 4.69) is 26.1 Å². The fraction of sp³-hybridized carbons (Fsp3) is 0.500. The number of hydrogen-bond donors (Lipinski definition) is 0. The minimum absolute atomic E-state index is 0.146. The Hall–Kier alpha value is -1.84. The van der Waals surface area contributed by atoms with Crippen molar-refractivity contribution >= 4 is 21.8 Å². The van der Waals surface area contributed by atoms with Crippen LogP contribution in [0.15, 0.2) is 16.7 Å². The highest BCUT2D eigenvalue weighted by molar-refractivity contribution is 9.10. The number of rotatable bonds is 5. The molecular formula is C14H17BrF3N5O. The summed E-state index contributed by atoms with van der Waals surface area (Å²) in [4.78, 5) is 13.7. The van der Waals surface area contributed by atoms with E-state index < -0.39 is 11.9 Å². The number of hydrogen-bond acceptors (Lipinski definition) is 3. The van der Waals surface area contributed by atoms with Crippen LogP contribution in [0, 0.1) is 6.92 Å². The SMILES string of the molecule is CCn1ccc(CN(C)C(=O)Cn2nc(C(F)(F)F)c(Br)c2C)n1. The monoisotopic (exact) mass is 407 g/mol. The van der Waals surface area contributed by atoms with Crippen LogP contribution in [0.25, 0.3) is 0 Å². The molecule has 0 atom stereocenters. The van der Waals surface area contributed by atoms with Crippen LogP contribution in [0.5, 0.6) is 0 Å². The number of amides is 1. The van der Waals surface area contributed by atoms with Gasteiger partial charge in [0.05, 0.1) is 22.4 Å². The normalized spacial score (nSPS) is 11.8. The van der Waals surface area contributed by atoms with Crippen LogP contribution < -0.4 is 0 Å². The molecule has 0 fully saturated rings. The summed E-state index contributed by atoms with van der Waals surface area (Å²) in [6, 6.07) is 1.80. The first kappa shape index (κ1) is 18.5. The molecule has 2 aromatic rings. The molecule has 0 N–H and O–H groups in total. The number of carbonyl (C=O) groups is 1. The molecule has 2 heterocycles. The molecule has 0 aliphatic rings. The van der Waals surface area contributed by atoms with Gasteiger partial charge in [0, 0.05) is 19.8 Å². The maximum atomic E-state index is 12.8. The van der Waals surface area contributed by atoms with E-state index in [4.69, 9.17) is 0 Å². The fourth-order valence-corrected chi connectivity index (χ4v) is 2.61. The molecule has 6 nitrogen and oxygen atoms in total. The van der Waals surface area contributed by atoms with Crippen LogP contribution in [0.2, 0.25) is 0 Å². The zero-order chi connectivity index (χ0) is 18.1. The first-order valence-electron chi connectivity index (χ1n) is 7.19. The van der Waals surface area contributed by atoms with Gasteiger partial charge in [-0.3, -0.25) is 14.2 Å². The third kappa shape index (κ3) is 3.97. The molecule has 0 aliphatic heterocycles. The maximum Gasteiger partial charge on any atom is 0.436 e. The molecule has 2 aromatic heterocycles. The average Bonchev–Trinajstić information content (AvgIpc) is 3.06. The van der Waals surface area contributed by atoms with E-state index in [1.807, 2.05) is 6.92 Å². The van der Waals surface area contributed by atoms with Crippen molar-refractivity contribution in [2.45, 2.75) is 39.7 Å². The van der Waals surface area contributed by atoms with Gasteiger partial charge < -0.3 is 4.90 Å². The number of alkyl halides is 3. The van der Waals surface area contributed by atoms with Gasteiger partial charge in [-0.05, 0) is 35.8 Å². The number of carbonyl (C=O) groups excluding carboxylic acids is 1. The largest absolute Gasteiger partial charge is 0.436 e. The molecule has 0 unspecified atom stereocenters. The Labute approximate surface area is 145 Å². The van der Waals surface area contributed by atoms with Crippen LogP contribution >= 0.6 is 15.9 Å². The van der Waals surface area contributed by atoms with Gasteiger partial charge in [-0.25, -0.2) is 0 Å². The van der Waals surface area contributed by atoms with E-state index in [-0.39, 0.29) is 29.2 Å². The molecule has 0 radical (unpaired) electrons. The quantitative estimate of drug-likeness (QED) is 0.765. The minimum atomic E-state index is -4.57. The number of aryl methyl sites for hydroxylation is 1. The second kappa shape index (κ2) is 6.96. The van der Waals surface area contributed by atoms with Gasteiger partial charge >= 0.3 is 6.18 Å². The number of nitrogens with zero attached hydrogens (tertiary/aromatic N) is 5. The van der Waals surface area contributed by atoms with E-state index in [1.54, 1.807) is 24.0 Å². The van der Waals surface area contributed by atoms with Gasteiger partial charge in [0.2, 0.25) is 5.91 Å². The zero-order valence-electron chi connectivity index (χ0n) is 13.4. The summed E-state index contributed by atoms with van der Waals surface area (Å²) >= 11 is 2.89. The molecule has 0 saturated heterocycles. The first-order chi connectivity index (χ1) is 11.1. The lowest BCUT2D eigenvalue weighted by Gasteiger charge is -2.16. The van der Waals surface area contributed by atoms with Crippen LogP contribution in [-0.4, -0.2) is 37.4 Å². The summed E-state index contributed by atoms with van der Waals surface area (Å²) in [5, 5.41) is 7.78. The number of halogens is 4. The van der Waals surface area contributed by atoms with E-state index in [1.165, 1.54) is 11.8 Å². The minimum Gasteiger partial charge on any atom is -0.338 e. The summed E-state index contributed by atoms with van der Waals surface area (Å²) in [5.41, 5.74) is -0.0708. The molecule has 24 heavy (non-hydrogen) atoms. The van der Waals surface area contributed by atoms with E-state index in [9.17, 15) is 18.0 Å². The van der Waals surface area contributed by atoms with Gasteiger partial charge in [-0.1, -0.05) is 0 Å². The highest BCUT2D eigenvalue weighted by Crippen LogP contribution is 2.35. The third-order valence-electron chi connectivity index (χ3n) is 3.53. The molecule has 0 bridgehead atoms. The van der Waals surface area contributed by atoms with Crippen molar-refractivity contribution < 1.29 is 18.0 Å². The van der Waals surface area contributed by atoms with Crippen molar-refractivity contribution in [3.8, 4) is 0 Å². The molecule has 132 valence electrons. The Morgan fingerprint density at radius 2 is 2.04 bits per heavy atom. The molecule has 1 amide bonds. The fourth-order valence-electron chi connectivity index (χ4n) is 2.10. The van der Waals surface area contributed by atoms with Gasteiger partial charge in [0.15, 0.2) is 5.69 Å². The summed E-state index contributed by atoms with van der Waals surface area (Å²) in [7, 11) is 1.58. The van der Waals surface area contributed by atoms with Crippen molar-refractivity contribution in [2.24, 2.45) is 0 Å². The van der Waals surface area contributed by atoms with E-state index >= 15 is 0 Å². The third-order valence-corrected chi connectivity index (χ3v) is 4.48. The highest BCUT2D eigenvalue weighted by Gasteiger charge is 2.38. The lowest BCUT2D eigenvalue weighted by Crippen LogP contribution is -2.30. The number of aromatic nitrogens is 4. The second-order valence-corrected chi connectivity index (χ2v) is 6.11. The molecule has 0 saturated carbocycles. The average molecular weight is 408 g/mol. The predicted molar refractivity (Wildman–Crippen MR) is 84.0 cm³/mol. The highest BCUT2D eigenvalue weighted by atomic mass is 79.9. The Morgan fingerprint density at radius 3 is 2.54 bits per heavy atom. The van der Waals surface area contributed by atoms with Crippen molar-refractivity contribution in [3.63, 3.8) is 0 Å². The van der Waals surface area contributed by atoms with Crippen LogP contribution in [-0.2, 0) is 30.6 Å². The standard InChI is InChI=1S/C14H17BrF3N5O/c1-4-22-6-5-10(19-22)7-21(3)11(24)8-23-9(2)12(15)13(20-23)14(16,17)18/h5-6H,4,7-8H2,1-3H3. The van der Waals surface area contributed by atoms with Gasteiger partial charge in [-0.15, -0.1) is 0 Å². The smallest absolute Gasteiger partial charge is 0.338 e. The van der Waals surface area contributed by atoms with E-state index in [0.29, 0.717) is 5.69 Å². The lowest BCUT2D eigenvalue weighted by molar-refractivity contribution is -0.142. The van der Waals surface area contributed by atoms with Crippen LogP contribution in [0.1, 0.15) is 24.0 Å². The maximum absolute atomic E-state index is 12.8. The first-order valence-corrected chi connectivity index (χ1v) is 7.99. The Bertz CT molecular complexity index is 737. The second-order valence-electron chi connectivity index (χ2n) is 5.32. The van der Waals surface area contributed by atoms with Crippen LogP contribution in [0.4, 0.5) is 13.2 Å². The Kier molecular flexibility index (Phi) is 5.36. The summed E-state index contributed by atoms with van der Waals surface area (Å²) in [5.74, 6) is -0.354. The van der Waals surface area contributed by atoms with Crippen molar-refractivity contribution in [1.29, 1.82) is 0 Å². The van der Waals surface area contributed by atoms with Gasteiger partial charge in [0.25, 0.3) is 0 Å². The lowest BCUT2D eigenvalue weighted by atomic mass is 10.3. The number of likely N-dealkylation sites (N-methyl/N-ethyl adjacent to an activating group) is 1. The Morgan fingerprint density at radius 1 is 1.38 bits per heavy atom. The topological polar surface area (TPSA) is 56.0 Å². The van der Waals surface area contributed by atoms with Gasteiger partial charge in [0.1, 0.15) is 6.54 Å². The van der Waals surface area contributed by atoms with Crippen molar-refractivity contribution in [3.05, 3.63) is 33.8 Å². The van der Waals surface area contributed by atoms with Crippen LogP contribution in [0.3, 0.4) is 0 Å². The molecule has 0 aliphatic carbocycles. The molecule has 0 spiro atoms. The molecular weight excluding hydrogens is 391 g/mol. The summed E-state index contributed by atoms with van der Waals surface area (Å²) < 4.78 is 41.2. The van der Waals surface area contributed by atoms with E-state index in [0.717, 1.165) is 11.2 Å². The molecule has 2 rings (SSSR count). The zero-order valence-corrected chi connectivity index (χ0v) is 15.0.